The smallest absolute Gasteiger partial charge is 0.313 e. The Balaban J connectivity index is 2.00. The van der Waals surface area contributed by atoms with Gasteiger partial charge in [-0.05, 0) is 25.0 Å². The molecule has 0 bridgehead atoms. The average Bonchev–Trinajstić information content (AvgIpc) is 3.20. The van der Waals surface area contributed by atoms with E-state index < -0.39 is 0 Å². The molecule has 6 heteroatoms. The number of nitrogen functional groups attached to an aromatic ring is 1. The predicted octanol–water partition coefficient (Wildman–Crippen LogP) is 2.61. The van der Waals surface area contributed by atoms with Crippen LogP contribution in [0.2, 0.25) is 5.02 Å². The molecule has 1 saturated carbocycles. The van der Waals surface area contributed by atoms with Gasteiger partial charge in [-0.1, -0.05) is 17.7 Å². The quantitative estimate of drug-likeness (QED) is 0.876. The first kappa shape index (κ1) is 12.0. The lowest BCUT2D eigenvalue weighted by molar-refractivity contribution is 0.447. The highest BCUT2D eigenvalue weighted by Crippen LogP contribution is 2.35. The van der Waals surface area contributed by atoms with Crippen molar-refractivity contribution in [3.63, 3.8) is 0 Å². The van der Waals surface area contributed by atoms with Crippen molar-refractivity contribution in [2.75, 3.05) is 5.73 Å². The Labute approximate surface area is 114 Å². The summed E-state index contributed by atoms with van der Waals surface area (Å²) in [7, 11) is 0. The van der Waals surface area contributed by atoms with E-state index in [4.69, 9.17) is 22.1 Å². The van der Waals surface area contributed by atoms with Crippen LogP contribution in [0.5, 0.6) is 11.6 Å². The molecule has 5 nitrogen and oxygen atoms in total. The topological polar surface area (TPSA) is 70.1 Å². The lowest BCUT2D eigenvalue weighted by Crippen LogP contribution is -2.20. The molecule has 0 spiro atoms. The fourth-order valence-electron chi connectivity index (χ4n) is 1.85. The van der Waals surface area contributed by atoms with Gasteiger partial charge in [0.15, 0.2) is 5.75 Å². The normalized spacial score (nSPS) is 14.4. The number of benzene rings is 1. The molecule has 0 unspecified atom stereocenters. The number of anilines is 1. The first-order chi connectivity index (χ1) is 9.16. The van der Waals surface area contributed by atoms with E-state index in [0.29, 0.717) is 10.7 Å². The molecular formula is C13H12ClN3O2. The van der Waals surface area contributed by atoms with Gasteiger partial charge in [-0.2, -0.15) is 0 Å². The summed E-state index contributed by atoms with van der Waals surface area (Å²) in [6.07, 6.45) is 5.24. The van der Waals surface area contributed by atoms with Crippen LogP contribution in [-0.4, -0.2) is 9.55 Å². The number of hydrogen-bond donors (Lipinski definition) is 1. The van der Waals surface area contributed by atoms with Crippen molar-refractivity contribution < 1.29 is 4.74 Å². The molecule has 2 N–H and O–H groups in total. The van der Waals surface area contributed by atoms with E-state index in [2.05, 4.69) is 4.98 Å². The molecule has 0 amide bonds. The second-order valence-electron chi connectivity index (χ2n) is 4.44. The van der Waals surface area contributed by atoms with E-state index in [0.717, 1.165) is 12.8 Å². The third-order valence-corrected chi connectivity index (χ3v) is 3.27. The number of nitrogens with two attached hydrogens (primary N) is 1. The zero-order valence-corrected chi connectivity index (χ0v) is 10.8. The fraction of sp³-hybridized carbons (Fsp3) is 0.231. The van der Waals surface area contributed by atoms with Crippen LogP contribution in [0.1, 0.15) is 18.9 Å². The summed E-state index contributed by atoms with van der Waals surface area (Å²) in [6.45, 7) is 0. The zero-order chi connectivity index (χ0) is 13.4. The number of nitrogens with zero attached hydrogens (tertiary/aromatic N) is 2. The zero-order valence-electron chi connectivity index (χ0n) is 10.0. The maximum absolute atomic E-state index is 12.2. The van der Waals surface area contributed by atoms with Crippen molar-refractivity contribution in [3.8, 4) is 11.6 Å². The highest BCUT2D eigenvalue weighted by atomic mass is 35.5. The molecule has 1 heterocycles. The maximum Gasteiger partial charge on any atom is 0.313 e. The molecule has 1 aliphatic rings. The summed E-state index contributed by atoms with van der Waals surface area (Å²) in [5, 5.41) is 0.350. The highest BCUT2D eigenvalue weighted by Gasteiger charge is 2.26. The standard InChI is InChI=1S/C13H12ClN3O2/c14-9-2-1-3-10(15)11(9)19-12-13(18)17(7-6-16-12)8-4-5-8/h1-3,6-8H,4-5,15H2. The van der Waals surface area contributed by atoms with E-state index in [-0.39, 0.29) is 23.2 Å². The molecule has 1 fully saturated rings. The van der Waals surface area contributed by atoms with Gasteiger partial charge in [0.1, 0.15) is 0 Å². The van der Waals surface area contributed by atoms with Crippen LogP contribution in [0.3, 0.4) is 0 Å². The van der Waals surface area contributed by atoms with Crippen LogP contribution in [0.15, 0.2) is 35.4 Å². The second-order valence-corrected chi connectivity index (χ2v) is 4.84. The van der Waals surface area contributed by atoms with Crippen LogP contribution >= 0.6 is 11.6 Å². The molecule has 0 radical (unpaired) electrons. The number of hydrogen-bond acceptors (Lipinski definition) is 4. The maximum atomic E-state index is 12.2. The first-order valence-electron chi connectivity index (χ1n) is 5.96. The van der Waals surface area contributed by atoms with Gasteiger partial charge in [-0.25, -0.2) is 4.98 Å². The summed E-state index contributed by atoms with van der Waals surface area (Å²) in [4.78, 5) is 16.1. The number of aromatic nitrogens is 2. The molecule has 0 saturated heterocycles. The lowest BCUT2D eigenvalue weighted by atomic mass is 10.3. The first-order valence-corrected chi connectivity index (χ1v) is 6.33. The molecule has 0 atom stereocenters. The molecule has 1 aliphatic carbocycles. The van der Waals surface area contributed by atoms with E-state index in [9.17, 15) is 4.79 Å². The van der Waals surface area contributed by atoms with Gasteiger partial charge in [-0.3, -0.25) is 4.79 Å². The number of rotatable bonds is 3. The Hall–Kier alpha value is -2.01. The molecule has 0 aliphatic heterocycles. The van der Waals surface area contributed by atoms with Gasteiger partial charge < -0.3 is 15.0 Å². The molecule has 1 aromatic carbocycles. The molecule has 98 valence electrons. The summed E-state index contributed by atoms with van der Waals surface area (Å²) >= 11 is 6.00. The van der Waals surface area contributed by atoms with Crippen molar-refractivity contribution in [2.45, 2.75) is 18.9 Å². The van der Waals surface area contributed by atoms with Gasteiger partial charge in [0, 0.05) is 18.4 Å². The van der Waals surface area contributed by atoms with Crippen LogP contribution in [-0.2, 0) is 0 Å². The molecule has 1 aromatic heterocycles. The van der Waals surface area contributed by atoms with Gasteiger partial charge in [0.05, 0.1) is 10.7 Å². The van der Waals surface area contributed by atoms with Crippen LogP contribution in [0.4, 0.5) is 5.69 Å². The summed E-state index contributed by atoms with van der Waals surface area (Å²) < 4.78 is 7.12. The van der Waals surface area contributed by atoms with Crippen molar-refractivity contribution in [1.82, 2.24) is 9.55 Å². The second kappa shape index (κ2) is 4.59. The van der Waals surface area contributed by atoms with Gasteiger partial charge in [0.2, 0.25) is 0 Å². The van der Waals surface area contributed by atoms with Gasteiger partial charge in [-0.15, -0.1) is 0 Å². The summed E-state index contributed by atoms with van der Waals surface area (Å²) in [6, 6.07) is 5.28. The third kappa shape index (κ3) is 2.29. The Morgan fingerprint density at radius 1 is 1.42 bits per heavy atom. The molecule has 3 rings (SSSR count). The van der Waals surface area contributed by atoms with E-state index in [1.165, 1.54) is 0 Å². The summed E-state index contributed by atoms with van der Waals surface area (Å²) in [5.74, 6) is 0.261. The minimum atomic E-state index is -0.260. The van der Waals surface area contributed by atoms with Crippen LogP contribution < -0.4 is 16.0 Å². The van der Waals surface area contributed by atoms with Crippen molar-refractivity contribution in [1.29, 1.82) is 0 Å². The Kier molecular flexibility index (Phi) is 2.91. The largest absolute Gasteiger partial charge is 0.431 e. The Morgan fingerprint density at radius 2 is 2.21 bits per heavy atom. The lowest BCUT2D eigenvalue weighted by Gasteiger charge is -2.10. The number of para-hydroxylation sites is 1. The molecule has 2 aromatic rings. The Bertz CT molecular complexity index is 660. The third-order valence-electron chi connectivity index (χ3n) is 2.97. The highest BCUT2D eigenvalue weighted by molar-refractivity contribution is 6.32. The Morgan fingerprint density at radius 3 is 2.89 bits per heavy atom. The monoisotopic (exact) mass is 277 g/mol. The van der Waals surface area contributed by atoms with Crippen molar-refractivity contribution in [2.24, 2.45) is 0 Å². The van der Waals surface area contributed by atoms with E-state index in [1.807, 2.05) is 0 Å². The predicted molar refractivity (Wildman–Crippen MR) is 72.7 cm³/mol. The SMILES string of the molecule is Nc1cccc(Cl)c1Oc1nccn(C2CC2)c1=O. The van der Waals surface area contributed by atoms with E-state index >= 15 is 0 Å². The number of halogens is 1. The van der Waals surface area contributed by atoms with Gasteiger partial charge in [0.25, 0.3) is 5.88 Å². The number of ether oxygens (including phenoxy) is 1. The van der Waals surface area contributed by atoms with Crippen LogP contribution in [0.25, 0.3) is 0 Å². The van der Waals surface area contributed by atoms with Crippen molar-refractivity contribution >= 4 is 17.3 Å². The fourth-order valence-corrected chi connectivity index (χ4v) is 2.07. The molecule has 19 heavy (non-hydrogen) atoms. The molecular weight excluding hydrogens is 266 g/mol. The minimum absolute atomic E-state index is 0.00537. The minimum Gasteiger partial charge on any atom is -0.431 e. The average molecular weight is 278 g/mol. The van der Waals surface area contributed by atoms with E-state index in [1.54, 1.807) is 35.2 Å². The van der Waals surface area contributed by atoms with Gasteiger partial charge >= 0.3 is 5.56 Å². The van der Waals surface area contributed by atoms with Crippen molar-refractivity contribution in [3.05, 3.63) is 46.0 Å². The summed E-state index contributed by atoms with van der Waals surface area (Å²) in [5.41, 5.74) is 5.89. The van der Waals surface area contributed by atoms with Crippen LogP contribution in [0, 0.1) is 0 Å².